The van der Waals surface area contributed by atoms with Crippen molar-refractivity contribution in [3.05, 3.63) is 34.3 Å². The summed E-state index contributed by atoms with van der Waals surface area (Å²) in [5.74, 6) is -0.683. The van der Waals surface area contributed by atoms with Gasteiger partial charge in [-0.1, -0.05) is 34.5 Å². The van der Waals surface area contributed by atoms with Gasteiger partial charge in [-0.25, -0.2) is 0 Å². The first kappa shape index (κ1) is 15.5. The average Bonchev–Trinajstić information content (AvgIpc) is 2.41. The maximum atomic E-state index is 11.0. The van der Waals surface area contributed by atoms with Crippen molar-refractivity contribution >= 4 is 21.9 Å². The normalized spacial score (nSPS) is 21.6. The molecule has 0 radical (unpaired) electrons. The number of aliphatic carboxylic acids is 1. The minimum atomic E-state index is -0.683. The molecule has 1 aromatic rings. The maximum absolute atomic E-state index is 11.0. The van der Waals surface area contributed by atoms with Gasteiger partial charge in [-0.05, 0) is 50.4 Å². The Labute approximate surface area is 129 Å². The summed E-state index contributed by atoms with van der Waals surface area (Å²) in [5, 5.41) is 9.05. The Kier molecular flexibility index (Phi) is 5.61. The Morgan fingerprint density at radius 3 is 2.75 bits per heavy atom. The predicted octanol–water partition coefficient (Wildman–Crippen LogP) is 3.71. The van der Waals surface area contributed by atoms with E-state index >= 15 is 0 Å². The van der Waals surface area contributed by atoms with Gasteiger partial charge in [0.2, 0.25) is 0 Å². The highest BCUT2D eigenvalue weighted by molar-refractivity contribution is 9.10. The number of carboxylic acids is 1. The SMILES string of the molecule is CC(Cc1ccc(Br)cc1)N1CCCCC1CC(=O)O. The van der Waals surface area contributed by atoms with E-state index in [1.807, 2.05) is 0 Å². The molecular formula is C16H22BrNO2. The Hall–Kier alpha value is -0.870. The fourth-order valence-electron chi connectivity index (χ4n) is 3.10. The molecule has 1 aliphatic rings. The van der Waals surface area contributed by atoms with Crippen molar-refractivity contribution < 1.29 is 9.90 Å². The van der Waals surface area contributed by atoms with Gasteiger partial charge >= 0.3 is 5.97 Å². The summed E-state index contributed by atoms with van der Waals surface area (Å²) in [5.41, 5.74) is 1.31. The van der Waals surface area contributed by atoms with Gasteiger partial charge < -0.3 is 5.11 Å². The van der Waals surface area contributed by atoms with E-state index < -0.39 is 5.97 Å². The lowest BCUT2D eigenvalue weighted by Gasteiger charge is -2.39. The van der Waals surface area contributed by atoms with E-state index in [4.69, 9.17) is 5.11 Å². The van der Waals surface area contributed by atoms with Crippen LogP contribution in [0.2, 0.25) is 0 Å². The van der Waals surface area contributed by atoms with E-state index in [9.17, 15) is 4.79 Å². The average molecular weight is 340 g/mol. The van der Waals surface area contributed by atoms with Crippen molar-refractivity contribution in [3.8, 4) is 0 Å². The molecule has 2 rings (SSSR count). The van der Waals surface area contributed by atoms with Crippen molar-refractivity contribution in [2.75, 3.05) is 6.54 Å². The summed E-state index contributed by atoms with van der Waals surface area (Å²) in [6, 6.07) is 8.99. The smallest absolute Gasteiger partial charge is 0.304 e. The number of hydrogen-bond donors (Lipinski definition) is 1. The number of halogens is 1. The second-order valence-corrected chi connectivity index (χ2v) is 6.58. The molecular weight excluding hydrogens is 318 g/mol. The van der Waals surface area contributed by atoms with Gasteiger partial charge in [0.25, 0.3) is 0 Å². The standard InChI is InChI=1S/C16H22BrNO2/c1-12(10-13-5-7-14(17)8-6-13)18-9-3-2-4-15(18)11-16(19)20/h5-8,12,15H,2-4,9-11H2,1H3,(H,19,20). The number of rotatable bonds is 5. The maximum Gasteiger partial charge on any atom is 0.304 e. The van der Waals surface area contributed by atoms with Crippen LogP contribution in [0, 0.1) is 0 Å². The first-order valence-corrected chi connectivity index (χ1v) is 8.07. The summed E-state index contributed by atoms with van der Waals surface area (Å²) in [4.78, 5) is 13.4. The Balaban J connectivity index is 1.99. The molecule has 110 valence electrons. The van der Waals surface area contributed by atoms with Crippen LogP contribution in [-0.2, 0) is 11.2 Å². The van der Waals surface area contributed by atoms with E-state index in [1.54, 1.807) is 0 Å². The highest BCUT2D eigenvalue weighted by Crippen LogP contribution is 2.24. The van der Waals surface area contributed by atoms with Crippen LogP contribution >= 0.6 is 15.9 Å². The molecule has 0 amide bonds. The summed E-state index contributed by atoms with van der Waals surface area (Å²) >= 11 is 3.45. The van der Waals surface area contributed by atoms with Crippen LogP contribution in [0.5, 0.6) is 0 Å². The summed E-state index contributed by atoms with van der Waals surface area (Å²) < 4.78 is 1.09. The van der Waals surface area contributed by atoms with Crippen LogP contribution < -0.4 is 0 Å². The molecule has 1 fully saturated rings. The number of piperidine rings is 1. The van der Waals surface area contributed by atoms with Gasteiger partial charge in [0, 0.05) is 16.6 Å². The van der Waals surface area contributed by atoms with Crippen molar-refractivity contribution in [1.29, 1.82) is 0 Å². The van der Waals surface area contributed by atoms with Crippen molar-refractivity contribution in [3.63, 3.8) is 0 Å². The highest BCUT2D eigenvalue weighted by Gasteiger charge is 2.28. The van der Waals surface area contributed by atoms with Crippen LogP contribution in [-0.4, -0.2) is 34.6 Å². The number of likely N-dealkylation sites (tertiary alicyclic amines) is 1. The molecule has 1 N–H and O–H groups in total. The zero-order chi connectivity index (χ0) is 14.5. The van der Waals surface area contributed by atoms with Crippen molar-refractivity contribution in [1.82, 2.24) is 4.90 Å². The van der Waals surface area contributed by atoms with Crippen LogP contribution in [0.4, 0.5) is 0 Å². The zero-order valence-electron chi connectivity index (χ0n) is 11.9. The van der Waals surface area contributed by atoms with Gasteiger partial charge in [0.05, 0.1) is 6.42 Å². The molecule has 1 heterocycles. The Morgan fingerprint density at radius 1 is 1.40 bits per heavy atom. The summed E-state index contributed by atoms with van der Waals surface area (Å²) in [6.45, 7) is 3.23. The van der Waals surface area contributed by atoms with E-state index in [0.29, 0.717) is 6.04 Å². The molecule has 0 spiro atoms. The second kappa shape index (κ2) is 7.23. The van der Waals surface area contributed by atoms with Gasteiger partial charge in [0.1, 0.15) is 0 Å². The molecule has 1 aromatic carbocycles. The highest BCUT2D eigenvalue weighted by atomic mass is 79.9. The van der Waals surface area contributed by atoms with Crippen LogP contribution in [0.15, 0.2) is 28.7 Å². The summed E-state index contributed by atoms with van der Waals surface area (Å²) in [7, 11) is 0. The lowest BCUT2D eigenvalue weighted by molar-refractivity contribution is -0.139. The lowest BCUT2D eigenvalue weighted by Crippen LogP contribution is -2.46. The third kappa shape index (κ3) is 4.32. The minimum absolute atomic E-state index is 0.201. The van der Waals surface area contributed by atoms with Gasteiger partial charge in [-0.15, -0.1) is 0 Å². The van der Waals surface area contributed by atoms with Crippen LogP contribution in [0.25, 0.3) is 0 Å². The third-order valence-corrected chi connectivity index (χ3v) is 4.62. The molecule has 2 unspecified atom stereocenters. The molecule has 0 aromatic heterocycles. The monoisotopic (exact) mass is 339 g/mol. The fraction of sp³-hybridized carbons (Fsp3) is 0.562. The molecule has 20 heavy (non-hydrogen) atoms. The van der Waals surface area contributed by atoms with Gasteiger partial charge in [0.15, 0.2) is 0 Å². The van der Waals surface area contributed by atoms with Gasteiger partial charge in [-0.3, -0.25) is 9.69 Å². The minimum Gasteiger partial charge on any atom is -0.481 e. The molecule has 0 bridgehead atoms. The molecule has 1 saturated heterocycles. The predicted molar refractivity (Wildman–Crippen MR) is 83.9 cm³/mol. The zero-order valence-corrected chi connectivity index (χ0v) is 13.5. The van der Waals surface area contributed by atoms with Gasteiger partial charge in [-0.2, -0.15) is 0 Å². The molecule has 4 heteroatoms. The van der Waals surface area contributed by atoms with E-state index in [2.05, 4.69) is 52.0 Å². The molecule has 1 aliphatic heterocycles. The fourth-order valence-corrected chi connectivity index (χ4v) is 3.37. The van der Waals surface area contributed by atoms with E-state index in [0.717, 1.165) is 30.3 Å². The number of carbonyl (C=O) groups is 1. The number of hydrogen-bond acceptors (Lipinski definition) is 2. The first-order chi connectivity index (χ1) is 9.56. The number of carboxylic acid groups (broad SMARTS) is 1. The molecule has 2 atom stereocenters. The Morgan fingerprint density at radius 2 is 2.10 bits per heavy atom. The third-order valence-electron chi connectivity index (χ3n) is 4.09. The second-order valence-electron chi connectivity index (χ2n) is 5.66. The quantitative estimate of drug-likeness (QED) is 0.888. The Bertz CT molecular complexity index is 446. The number of nitrogens with zero attached hydrogens (tertiary/aromatic N) is 1. The first-order valence-electron chi connectivity index (χ1n) is 7.28. The van der Waals surface area contributed by atoms with Crippen LogP contribution in [0.1, 0.15) is 38.2 Å². The molecule has 3 nitrogen and oxygen atoms in total. The van der Waals surface area contributed by atoms with E-state index in [-0.39, 0.29) is 12.5 Å². The lowest BCUT2D eigenvalue weighted by atomic mass is 9.95. The van der Waals surface area contributed by atoms with Crippen molar-refractivity contribution in [2.45, 2.75) is 51.1 Å². The van der Waals surface area contributed by atoms with Crippen molar-refractivity contribution in [2.24, 2.45) is 0 Å². The molecule has 0 saturated carbocycles. The molecule has 0 aliphatic carbocycles. The van der Waals surface area contributed by atoms with Crippen LogP contribution in [0.3, 0.4) is 0 Å². The summed E-state index contributed by atoms with van der Waals surface area (Å²) in [6.07, 6.45) is 4.59. The number of benzene rings is 1. The largest absolute Gasteiger partial charge is 0.481 e. The van der Waals surface area contributed by atoms with E-state index in [1.165, 1.54) is 12.0 Å². The topological polar surface area (TPSA) is 40.5 Å².